The number of hydrogen-bond acceptors (Lipinski definition) is 8. The van der Waals surface area contributed by atoms with E-state index in [1.807, 2.05) is 6.92 Å². The highest BCUT2D eigenvalue weighted by Gasteiger charge is 2.19. The van der Waals surface area contributed by atoms with Crippen LogP contribution in [0.15, 0.2) is 8.68 Å². The molecule has 4 amide bonds. The third-order valence-corrected chi connectivity index (χ3v) is 5.75. The molecule has 1 aromatic heterocycles. The van der Waals surface area contributed by atoms with Crippen LogP contribution < -0.4 is 16.0 Å². The standard InChI is InChI=1S/C13H21N5O3S3/c1-4-6-15-9(19)7-22-12-17-18-13(24-12)23-8(3)10(20)16-11(21)14-5-2/h8H,4-7H2,1-3H3,(H,15,19)(H2,14,16,20,21)/t8-/m0/s1. The summed E-state index contributed by atoms with van der Waals surface area (Å²) < 4.78 is 1.28. The average molecular weight is 392 g/mol. The van der Waals surface area contributed by atoms with Crippen molar-refractivity contribution in [3.8, 4) is 0 Å². The number of nitrogens with zero attached hydrogens (tertiary/aromatic N) is 2. The van der Waals surface area contributed by atoms with E-state index in [4.69, 9.17) is 0 Å². The number of carbonyl (C=O) groups excluding carboxylic acids is 3. The van der Waals surface area contributed by atoms with E-state index in [2.05, 4.69) is 26.1 Å². The van der Waals surface area contributed by atoms with Gasteiger partial charge < -0.3 is 10.6 Å². The van der Waals surface area contributed by atoms with Gasteiger partial charge in [0.1, 0.15) is 0 Å². The fourth-order valence-corrected chi connectivity index (χ4v) is 4.36. The van der Waals surface area contributed by atoms with E-state index in [1.165, 1.54) is 34.9 Å². The lowest BCUT2D eigenvalue weighted by atomic mass is 10.4. The summed E-state index contributed by atoms with van der Waals surface area (Å²) in [6.45, 7) is 6.56. The molecule has 0 fully saturated rings. The van der Waals surface area contributed by atoms with Crippen LogP contribution >= 0.6 is 34.9 Å². The Balaban J connectivity index is 2.41. The molecule has 0 spiro atoms. The quantitative estimate of drug-likeness (QED) is 0.547. The molecule has 0 aliphatic rings. The van der Waals surface area contributed by atoms with Gasteiger partial charge in [0.2, 0.25) is 11.8 Å². The van der Waals surface area contributed by atoms with Gasteiger partial charge in [-0.1, -0.05) is 41.8 Å². The summed E-state index contributed by atoms with van der Waals surface area (Å²) in [7, 11) is 0. The first-order chi connectivity index (χ1) is 11.5. The number of amides is 4. The number of hydrogen-bond donors (Lipinski definition) is 3. The Hall–Kier alpha value is -1.33. The Labute approximate surface area is 153 Å². The summed E-state index contributed by atoms with van der Waals surface area (Å²) in [6.07, 6.45) is 0.895. The van der Waals surface area contributed by atoms with Crippen molar-refractivity contribution in [1.29, 1.82) is 0 Å². The van der Waals surface area contributed by atoms with Crippen molar-refractivity contribution in [2.75, 3.05) is 18.8 Å². The van der Waals surface area contributed by atoms with Gasteiger partial charge in [-0.3, -0.25) is 14.9 Å². The minimum Gasteiger partial charge on any atom is -0.355 e. The summed E-state index contributed by atoms with van der Waals surface area (Å²) >= 11 is 3.84. The zero-order valence-electron chi connectivity index (χ0n) is 13.7. The first-order valence-corrected chi connectivity index (χ1v) is 10.1. The Morgan fingerprint density at radius 3 is 2.54 bits per heavy atom. The van der Waals surface area contributed by atoms with Crippen LogP contribution in [0.3, 0.4) is 0 Å². The van der Waals surface area contributed by atoms with Crippen molar-refractivity contribution >= 4 is 52.7 Å². The van der Waals surface area contributed by atoms with Crippen LogP contribution in [-0.4, -0.2) is 52.1 Å². The summed E-state index contributed by atoms with van der Waals surface area (Å²) in [4.78, 5) is 34.7. The topological polar surface area (TPSA) is 113 Å². The lowest BCUT2D eigenvalue weighted by Gasteiger charge is -2.09. The molecule has 24 heavy (non-hydrogen) atoms. The summed E-state index contributed by atoms with van der Waals surface area (Å²) in [5, 5.41) is 15.0. The lowest BCUT2D eigenvalue weighted by Crippen LogP contribution is -2.42. The predicted octanol–water partition coefficient (Wildman–Crippen LogP) is 1.48. The van der Waals surface area contributed by atoms with Gasteiger partial charge in [-0.2, -0.15) is 0 Å². The molecule has 8 nitrogen and oxygen atoms in total. The van der Waals surface area contributed by atoms with Gasteiger partial charge in [0.15, 0.2) is 8.68 Å². The third-order valence-electron chi connectivity index (χ3n) is 2.51. The average Bonchev–Trinajstić information content (AvgIpc) is 2.98. The highest BCUT2D eigenvalue weighted by Crippen LogP contribution is 2.31. The molecule has 0 aliphatic heterocycles. The molecule has 0 bridgehead atoms. The summed E-state index contributed by atoms with van der Waals surface area (Å²) in [5.74, 6) is -0.151. The first-order valence-electron chi connectivity index (χ1n) is 7.44. The number of nitrogens with one attached hydrogen (secondary N) is 3. The van der Waals surface area contributed by atoms with E-state index >= 15 is 0 Å². The second-order valence-electron chi connectivity index (χ2n) is 4.58. The zero-order chi connectivity index (χ0) is 17.9. The first kappa shape index (κ1) is 20.7. The summed E-state index contributed by atoms with van der Waals surface area (Å²) in [5.41, 5.74) is 0. The highest BCUT2D eigenvalue weighted by molar-refractivity contribution is 8.04. The van der Waals surface area contributed by atoms with Crippen molar-refractivity contribution in [3.63, 3.8) is 0 Å². The number of thioether (sulfide) groups is 2. The molecule has 0 saturated heterocycles. The van der Waals surface area contributed by atoms with E-state index in [9.17, 15) is 14.4 Å². The monoisotopic (exact) mass is 391 g/mol. The molecule has 11 heteroatoms. The maximum Gasteiger partial charge on any atom is 0.321 e. The molecule has 3 N–H and O–H groups in total. The SMILES string of the molecule is CCCNC(=O)CSc1nnc(S[C@@H](C)C(=O)NC(=O)NCC)s1. The molecule has 1 heterocycles. The molecule has 134 valence electrons. The van der Waals surface area contributed by atoms with Crippen LogP contribution in [0.25, 0.3) is 0 Å². The van der Waals surface area contributed by atoms with Crippen molar-refractivity contribution in [2.24, 2.45) is 0 Å². The Kier molecular flexibility index (Phi) is 9.72. The van der Waals surface area contributed by atoms with Gasteiger partial charge in [-0.25, -0.2) is 4.79 Å². The zero-order valence-corrected chi connectivity index (χ0v) is 16.2. The second kappa shape index (κ2) is 11.3. The molecule has 0 aromatic carbocycles. The second-order valence-corrected chi connectivity index (χ2v) is 8.37. The van der Waals surface area contributed by atoms with Gasteiger partial charge in [-0.15, -0.1) is 10.2 Å². The van der Waals surface area contributed by atoms with Gasteiger partial charge in [0.25, 0.3) is 0 Å². The minimum atomic E-state index is -0.512. The van der Waals surface area contributed by atoms with E-state index < -0.39 is 17.2 Å². The fourth-order valence-electron chi connectivity index (χ4n) is 1.37. The minimum absolute atomic E-state index is 0.0408. The molecular weight excluding hydrogens is 370 g/mol. The van der Waals surface area contributed by atoms with Crippen LogP contribution in [0, 0.1) is 0 Å². The highest BCUT2D eigenvalue weighted by atomic mass is 32.2. The third kappa shape index (κ3) is 7.97. The molecule has 0 unspecified atom stereocenters. The number of aromatic nitrogens is 2. The van der Waals surface area contributed by atoms with E-state index in [0.717, 1.165) is 6.42 Å². The number of imide groups is 1. The van der Waals surface area contributed by atoms with Crippen molar-refractivity contribution in [3.05, 3.63) is 0 Å². The molecule has 0 radical (unpaired) electrons. The summed E-state index contributed by atoms with van der Waals surface area (Å²) in [6, 6.07) is -0.512. The largest absolute Gasteiger partial charge is 0.355 e. The molecule has 1 rings (SSSR count). The number of rotatable bonds is 9. The lowest BCUT2D eigenvalue weighted by molar-refractivity contribution is -0.119. The van der Waals surface area contributed by atoms with Crippen molar-refractivity contribution < 1.29 is 14.4 Å². The Morgan fingerprint density at radius 2 is 1.88 bits per heavy atom. The van der Waals surface area contributed by atoms with E-state index in [1.54, 1.807) is 13.8 Å². The van der Waals surface area contributed by atoms with Gasteiger partial charge in [0.05, 0.1) is 11.0 Å². The van der Waals surface area contributed by atoms with Crippen LogP contribution in [0.1, 0.15) is 27.2 Å². The van der Waals surface area contributed by atoms with E-state index in [-0.39, 0.29) is 11.7 Å². The van der Waals surface area contributed by atoms with Crippen molar-refractivity contribution in [2.45, 2.75) is 41.1 Å². The normalized spacial score (nSPS) is 11.6. The fraction of sp³-hybridized carbons (Fsp3) is 0.615. The number of carbonyl (C=O) groups is 3. The Morgan fingerprint density at radius 1 is 1.17 bits per heavy atom. The molecule has 1 aromatic rings. The molecule has 1 atom stereocenters. The van der Waals surface area contributed by atoms with Crippen LogP contribution in [0.5, 0.6) is 0 Å². The van der Waals surface area contributed by atoms with Crippen molar-refractivity contribution in [1.82, 2.24) is 26.1 Å². The van der Waals surface area contributed by atoms with Crippen LogP contribution in [0.2, 0.25) is 0 Å². The molecule has 0 saturated carbocycles. The Bertz CT molecular complexity index is 567. The maximum absolute atomic E-state index is 11.9. The van der Waals surface area contributed by atoms with Crippen LogP contribution in [-0.2, 0) is 9.59 Å². The van der Waals surface area contributed by atoms with Gasteiger partial charge in [-0.05, 0) is 20.3 Å². The van der Waals surface area contributed by atoms with Gasteiger partial charge >= 0.3 is 6.03 Å². The van der Waals surface area contributed by atoms with Gasteiger partial charge in [0, 0.05) is 13.1 Å². The number of urea groups is 1. The van der Waals surface area contributed by atoms with E-state index in [0.29, 0.717) is 21.8 Å². The van der Waals surface area contributed by atoms with Crippen LogP contribution in [0.4, 0.5) is 4.79 Å². The molecule has 0 aliphatic carbocycles. The predicted molar refractivity (Wildman–Crippen MR) is 96.5 cm³/mol. The molecular formula is C13H21N5O3S3. The smallest absolute Gasteiger partial charge is 0.321 e. The maximum atomic E-state index is 11.9.